The van der Waals surface area contributed by atoms with E-state index in [1.807, 2.05) is 6.07 Å². The summed E-state index contributed by atoms with van der Waals surface area (Å²) in [6.07, 6.45) is 6.71. The molecule has 1 N–H and O–H groups in total. The van der Waals surface area contributed by atoms with E-state index >= 15 is 0 Å². The van der Waals surface area contributed by atoms with Gasteiger partial charge in [0.05, 0.1) is 12.3 Å². The lowest BCUT2D eigenvalue weighted by Gasteiger charge is -2.41. The first-order chi connectivity index (χ1) is 8.22. The van der Waals surface area contributed by atoms with Crippen LogP contribution in [0.3, 0.4) is 0 Å². The third kappa shape index (κ3) is 2.90. The number of piperidine rings is 1. The smallest absolute Gasteiger partial charge is 0.122 e. The fourth-order valence-electron chi connectivity index (χ4n) is 2.70. The van der Waals surface area contributed by atoms with E-state index in [4.69, 9.17) is 4.42 Å². The van der Waals surface area contributed by atoms with Gasteiger partial charge in [0.25, 0.3) is 0 Å². The van der Waals surface area contributed by atoms with E-state index in [-0.39, 0.29) is 0 Å². The van der Waals surface area contributed by atoms with Crippen molar-refractivity contribution in [3.63, 3.8) is 0 Å². The van der Waals surface area contributed by atoms with Crippen LogP contribution in [0.1, 0.15) is 58.3 Å². The quantitative estimate of drug-likeness (QED) is 0.867. The van der Waals surface area contributed by atoms with Crippen LogP contribution in [0, 0.1) is 0 Å². The number of hydrogen-bond donors (Lipinski definition) is 1. The molecule has 1 aromatic rings. The highest BCUT2D eigenvalue weighted by atomic mass is 16.3. The predicted molar refractivity (Wildman–Crippen MR) is 69.5 cm³/mol. The van der Waals surface area contributed by atoms with Crippen molar-refractivity contribution < 1.29 is 4.42 Å². The minimum absolute atomic E-state index is 0.299. The molecule has 0 aromatic carbocycles. The molecule has 96 valence electrons. The Hall–Kier alpha value is -0.800. The topological polar surface area (TPSA) is 28.4 Å². The van der Waals surface area contributed by atoms with Gasteiger partial charge in [-0.3, -0.25) is 0 Å². The van der Waals surface area contributed by atoms with Gasteiger partial charge in [0.1, 0.15) is 5.76 Å². The van der Waals surface area contributed by atoms with E-state index < -0.39 is 0 Å². The SMILES string of the molecule is CCC(NN1C(C)CCCC1C)c1ccco1. The van der Waals surface area contributed by atoms with E-state index in [0.29, 0.717) is 18.1 Å². The van der Waals surface area contributed by atoms with Crippen LogP contribution in [0.25, 0.3) is 0 Å². The molecule has 3 nitrogen and oxygen atoms in total. The fraction of sp³-hybridized carbons (Fsp3) is 0.714. The second-order valence-corrected chi connectivity index (χ2v) is 5.14. The molecule has 1 fully saturated rings. The van der Waals surface area contributed by atoms with Crippen LogP contribution >= 0.6 is 0 Å². The van der Waals surface area contributed by atoms with Gasteiger partial charge in [-0.05, 0) is 45.2 Å². The first kappa shape index (κ1) is 12.7. The van der Waals surface area contributed by atoms with Crippen molar-refractivity contribution in [3.05, 3.63) is 24.2 Å². The van der Waals surface area contributed by atoms with E-state index in [9.17, 15) is 0 Å². The standard InChI is InChI=1S/C14H24N2O/c1-4-13(14-9-6-10-17-14)15-16-11(2)7-5-8-12(16)3/h6,9-13,15H,4-5,7-8H2,1-3H3. The van der Waals surface area contributed by atoms with Gasteiger partial charge >= 0.3 is 0 Å². The minimum Gasteiger partial charge on any atom is -0.468 e. The lowest BCUT2D eigenvalue weighted by molar-refractivity contribution is 0.0247. The van der Waals surface area contributed by atoms with Crippen LogP contribution in [0.4, 0.5) is 0 Å². The minimum atomic E-state index is 0.299. The monoisotopic (exact) mass is 236 g/mol. The average Bonchev–Trinajstić information content (AvgIpc) is 2.82. The Balaban J connectivity index is 2.02. The van der Waals surface area contributed by atoms with Gasteiger partial charge in [-0.25, -0.2) is 10.4 Å². The maximum atomic E-state index is 5.51. The van der Waals surface area contributed by atoms with Crippen molar-refractivity contribution in [2.24, 2.45) is 0 Å². The van der Waals surface area contributed by atoms with Crippen LogP contribution in [0.5, 0.6) is 0 Å². The molecule has 3 atom stereocenters. The second kappa shape index (κ2) is 5.69. The Labute approximate surface area is 104 Å². The Morgan fingerprint density at radius 3 is 2.65 bits per heavy atom. The lowest BCUT2D eigenvalue weighted by Crippen LogP contribution is -2.52. The Morgan fingerprint density at radius 2 is 2.12 bits per heavy atom. The highest BCUT2D eigenvalue weighted by Gasteiger charge is 2.27. The molecule has 0 aliphatic carbocycles. The zero-order valence-corrected chi connectivity index (χ0v) is 11.1. The average molecular weight is 236 g/mol. The fourth-order valence-corrected chi connectivity index (χ4v) is 2.70. The summed E-state index contributed by atoms with van der Waals surface area (Å²) in [5.74, 6) is 1.04. The number of nitrogens with one attached hydrogen (secondary N) is 1. The van der Waals surface area contributed by atoms with Crippen molar-refractivity contribution in [1.82, 2.24) is 10.4 Å². The Bertz CT molecular complexity index is 313. The van der Waals surface area contributed by atoms with Crippen molar-refractivity contribution >= 4 is 0 Å². The highest BCUT2D eigenvalue weighted by molar-refractivity contribution is 5.04. The number of nitrogens with zero attached hydrogens (tertiary/aromatic N) is 1. The summed E-state index contributed by atoms with van der Waals surface area (Å²) in [5, 5.41) is 2.42. The van der Waals surface area contributed by atoms with Crippen molar-refractivity contribution in [2.45, 2.75) is 64.6 Å². The van der Waals surface area contributed by atoms with Gasteiger partial charge in [-0.2, -0.15) is 0 Å². The van der Waals surface area contributed by atoms with Crippen LogP contribution in [0.15, 0.2) is 22.8 Å². The maximum Gasteiger partial charge on any atom is 0.122 e. The summed E-state index contributed by atoms with van der Waals surface area (Å²) in [5.41, 5.74) is 3.65. The summed E-state index contributed by atoms with van der Waals surface area (Å²) in [6, 6.07) is 5.54. The van der Waals surface area contributed by atoms with Crippen LogP contribution in [-0.4, -0.2) is 17.1 Å². The van der Waals surface area contributed by atoms with Crippen molar-refractivity contribution in [1.29, 1.82) is 0 Å². The summed E-state index contributed by atoms with van der Waals surface area (Å²) in [4.78, 5) is 0. The largest absolute Gasteiger partial charge is 0.468 e. The molecule has 1 aliphatic rings. The number of furan rings is 1. The lowest BCUT2D eigenvalue weighted by atomic mass is 9.99. The number of hydrazine groups is 1. The van der Waals surface area contributed by atoms with E-state index in [0.717, 1.165) is 12.2 Å². The molecule has 0 bridgehead atoms. The van der Waals surface area contributed by atoms with Crippen molar-refractivity contribution in [2.75, 3.05) is 0 Å². The van der Waals surface area contributed by atoms with Crippen LogP contribution in [-0.2, 0) is 0 Å². The molecule has 0 radical (unpaired) electrons. The molecule has 3 unspecified atom stereocenters. The zero-order chi connectivity index (χ0) is 12.3. The molecule has 2 rings (SSSR count). The molecule has 0 spiro atoms. The van der Waals surface area contributed by atoms with E-state index in [1.54, 1.807) is 6.26 Å². The van der Waals surface area contributed by atoms with Crippen LogP contribution < -0.4 is 5.43 Å². The van der Waals surface area contributed by atoms with Gasteiger partial charge < -0.3 is 4.42 Å². The molecule has 17 heavy (non-hydrogen) atoms. The number of hydrogen-bond acceptors (Lipinski definition) is 3. The molecule has 0 saturated carbocycles. The van der Waals surface area contributed by atoms with Gasteiger partial charge in [-0.15, -0.1) is 0 Å². The molecular formula is C14H24N2O. The number of rotatable bonds is 4. The second-order valence-electron chi connectivity index (χ2n) is 5.14. The van der Waals surface area contributed by atoms with Crippen LogP contribution in [0.2, 0.25) is 0 Å². The molecule has 0 amide bonds. The first-order valence-electron chi connectivity index (χ1n) is 6.80. The third-order valence-electron chi connectivity index (χ3n) is 3.79. The van der Waals surface area contributed by atoms with Crippen molar-refractivity contribution in [3.8, 4) is 0 Å². The van der Waals surface area contributed by atoms with Gasteiger partial charge in [-0.1, -0.05) is 13.3 Å². The zero-order valence-electron chi connectivity index (χ0n) is 11.1. The van der Waals surface area contributed by atoms with E-state index in [2.05, 4.69) is 37.3 Å². The maximum absolute atomic E-state index is 5.51. The molecular weight excluding hydrogens is 212 g/mol. The first-order valence-corrected chi connectivity index (χ1v) is 6.80. The Morgan fingerprint density at radius 1 is 1.41 bits per heavy atom. The third-order valence-corrected chi connectivity index (χ3v) is 3.79. The molecule has 2 heterocycles. The highest BCUT2D eigenvalue weighted by Crippen LogP contribution is 2.24. The van der Waals surface area contributed by atoms with Gasteiger partial charge in [0.15, 0.2) is 0 Å². The summed E-state index contributed by atoms with van der Waals surface area (Å²) >= 11 is 0. The summed E-state index contributed by atoms with van der Waals surface area (Å²) < 4.78 is 5.51. The summed E-state index contributed by atoms with van der Waals surface area (Å²) in [6.45, 7) is 6.80. The molecule has 1 aromatic heterocycles. The van der Waals surface area contributed by atoms with E-state index in [1.165, 1.54) is 19.3 Å². The van der Waals surface area contributed by atoms with Gasteiger partial charge in [0, 0.05) is 12.1 Å². The molecule has 3 heteroatoms. The normalized spacial score (nSPS) is 28.2. The summed E-state index contributed by atoms with van der Waals surface area (Å²) in [7, 11) is 0. The van der Waals surface area contributed by atoms with Gasteiger partial charge in [0.2, 0.25) is 0 Å². The molecule has 1 saturated heterocycles. The Kier molecular flexibility index (Phi) is 4.24. The predicted octanol–water partition coefficient (Wildman–Crippen LogP) is 3.50. The molecule has 1 aliphatic heterocycles.